The van der Waals surface area contributed by atoms with Gasteiger partial charge in [0.2, 0.25) is 0 Å². The Hall–Kier alpha value is -2.67. The molecule has 0 aliphatic rings. The number of nitrogen functional groups attached to an aromatic ring is 1. The maximum absolute atomic E-state index is 12.2. The van der Waals surface area contributed by atoms with Crippen LogP contribution in [0.5, 0.6) is 0 Å². The third-order valence-corrected chi connectivity index (χ3v) is 3.01. The Labute approximate surface area is 124 Å². The standard InChI is InChI=1S/C13H11ClN4O3/c1-7-3-2-4-11(16-7)17-13(19)9-5-8(18(20)21)6-10(14)12(9)15/h2-6H,15H2,1H3,(H,16,17,19). The molecule has 0 unspecified atom stereocenters. The molecule has 2 aromatic rings. The number of pyridine rings is 1. The van der Waals surface area contributed by atoms with Crippen molar-refractivity contribution in [1.29, 1.82) is 0 Å². The van der Waals surface area contributed by atoms with E-state index in [1.165, 1.54) is 0 Å². The van der Waals surface area contributed by atoms with Crippen molar-refractivity contribution in [1.82, 2.24) is 4.98 Å². The molecule has 0 radical (unpaired) electrons. The van der Waals surface area contributed by atoms with Crippen molar-refractivity contribution in [3.63, 3.8) is 0 Å². The van der Waals surface area contributed by atoms with E-state index in [1.54, 1.807) is 25.1 Å². The maximum atomic E-state index is 12.2. The zero-order chi connectivity index (χ0) is 15.6. The van der Waals surface area contributed by atoms with Crippen LogP contribution in [0.3, 0.4) is 0 Å². The minimum Gasteiger partial charge on any atom is -0.397 e. The lowest BCUT2D eigenvalue weighted by atomic mass is 10.1. The van der Waals surface area contributed by atoms with Crippen LogP contribution in [0.1, 0.15) is 16.1 Å². The Morgan fingerprint density at radius 3 is 2.76 bits per heavy atom. The first-order valence-corrected chi connectivity index (χ1v) is 6.24. The van der Waals surface area contributed by atoms with E-state index >= 15 is 0 Å². The zero-order valence-corrected chi connectivity index (χ0v) is 11.7. The number of aromatic nitrogens is 1. The highest BCUT2D eigenvalue weighted by Crippen LogP contribution is 2.29. The van der Waals surface area contributed by atoms with Crippen molar-refractivity contribution < 1.29 is 9.72 Å². The van der Waals surface area contributed by atoms with Gasteiger partial charge in [0, 0.05) is 17.8 Å². The molecule has 0 bridgehead atoms. The van der Waals surface area contributed by atoms with Gasteiger partial charge in [-0.3, -0.25) is 14.9 Å². The molecule has 1 aromatic heterocycles. The molecule has 0 atom stereocenters. The molecule has 0 saturated heterocycles. The fourth-order valence-corrected chi connectivity index (χ4v) is 1.91. The summed E-state index contributed by atoms with van der Waals surface area (Å²) in [7, 11) is 0. The van der Waals surface area contributed by atoms with Crippen LogP contribution in [0.4, 0.5) is 17.2 Å². The summed E-state index contributed by atoms with van der Waals surface area (Å²) in [6.07, 6.45) is 0. The van der Waals surface area contributed by atoms with Crippen LogP contribution in [0, 0.1) is 17.0 Å². The number of nitro benzene ring substituents is 1. The third kappa shape index (κ3) is 3.26. The Morgan fingerprint density at radius 2 is 2.14 bits per heavy atom. The summed E-state index contributed by atoms with van der Waals surface area (Å²) in [6.45, 7) is 1.77. The largest absolute Gasteiger partial charge is 0.397 e. The fraction of sp³-hybridized carbons (Fsp3) is 0.0769. The van der Waals surface area contributed by atoms with Crippen molar-refractivity contribution in [2.45, 2.75) is 6.92 Å². The first-order chi connectivity index (χ1) is 9.88. The smallest absolute Gasteiger partial charge is 0.271 e. The number of anilines is 2. The lowest BCUT2D eigenvalue weighted by Gasteiger charge is -2.08. The van der Waals surface area contributed by atoms with Crippen LogP contribution in [-0.4, -0.2) is 15.8 Å². The van der Waals surface area contributed by atoms with E-state index in [0.717, 1.165) is 17.8 Å². The van der Waals surface area contributed by atoms with Crippen molar-refractivity contribution in [2.75, 3.05) is 11.1 Å². The quantitative estimate of drug-likeness (QED) is 0.514. The zero-order valence-electron chi connectivity index (χ0n) is 11.0. The normalized spacial score (nSPS) is 10.2. The first-order valence-electron chi connectivity index (χ1n) is 5.87. The summed E-state index contributed by atoms with van der Waals surface area (Å²) in [5.41, 5.74) is 6.02. The molecular weight excluding hydrogens is 296 g/mol. The molecule has 8 heteroatoms. The molecule has 1 heterocycles. The summed E-state index contributed by atoms with van der Waals surface area (Å²) in [5.74, 6) is -0.293. The van der Waals surface area contributed by atoms with Gasteiger partial charge in [0.15, 0.2) is 0 Å². The van der Waals surface area contributed by atoms with Crippen molar-refractivity contribution in [3.8, 4) is 0 Å². The topological polar surface area (TPSA) is 111 Å². The van der Waals surface area contributed by atoms with Gasteiger partial charge in [0.05, 0.1) is 21.2 Å². The SMILES string of the molecule is Cc1cccc(NC(=O)c2cc([N+](=O)[O-])cc(Cl)c2N)n1. The van der Waals surface area contributed by atoms with Crippen molar-refractivity contribution >= 4 is 34.7 Å². The van der Waals surface area contributed by atoms with Gasteiger partial charge in [0.25, 0.3) is 11.6 Å². The summed E-state index contributed by atoms with van der Waals surface area (Å²) < 4.78 is 0. The van der Waals surface area contributed by atoms with Crippen molar-refractivity contribution in [3.05, 3.63) is 56.7 Å². The average Bonchev–Trinajstić information content (AvgIpc) is 2.41. The number of carbonyl (C=O) groups excluding carboxylic acids is 1. The van der Waals surface area contributed by atoms with Gasteiger partial charge in [-0.2, -0.15) is 0 Å². The molecule has 0 aliphatic carbocycles. The van der Waals surface area contributed by atoms with Crippen LogP contribution in [0.25, 0.3) is 0 Å². The van der Waals surface area contributed by atoms with E-state index in [1.807, 2.05) is 0 Å². The predicted octanol–water partition coefficient (Wildman–Crippen LogP) is 2.79. The van der Waals surface area contributed by atoms with E-state index < -0.39 is 10.8 Å². The minimum absolute atomic E-state index is 0.0209. The van der Waals surface area contributed by atoms with Crippen LogP contribution >= 0.6 is 11.6 Å². The molecule has 3 N–H and O–H groups in total. The Kier molecular flexibility index (Phi) is 4.04. The second kappa shape index (κ2) is 5.76. The van der Waals surface area contributed by atoms with E-state index in [9.17, 15) is 14.9 Å². The summed E-state index contributed by atoms with van der Waals surface area (Å²) in [6, 6.07) is 7.26. The Balaban J connectivity index is 2.37. The molecule has 1 aromatic carbocycles. The Bertz CT molecular complexity index is 733. The van der Waals surface area contributed by atoms with E-state index in [0.29, 0.717) is 5.82 Å². The fourth-order valence-electron chi connectivity index (χ4n) is 1.69. The lowest BCUT2D eigenvalue weighted by molar-refractivity contribution is -0.384. The van der Waals surface area contributed by atoms with Gasteiger partial charge in [-0.1, -0.05) is 17.7 Å². The number of halogens is 1. The number of non-ortho nitro benzene ring substituents is 1. The highest BCUT2D eigenvalue weighted by Gasteiger charge is 2.19. The number of nitrogens with one attached hydrogen (secondary N) is 1. The van der Waals surface area contributed by atoms with Gasteiger partial charge < -0.3 is 11.1 Å². The summed E-state index contributed by atoms with van der Waals surface area (Å²) >= 11 is 5.81. The number of carbonyl (C=O) groups is 1. The van der Waals surface area contributed by atoms with E-state index in [4.69, 9.17) is 17.3 Å². The number of nitrogens with zero attached hydrogens (tertiary/aromatic N) is 2. The Morgan fingerprint density at radius 1 is 1.43 bits per heavy atom. The number of hydrogen-bond donors (Lipinski definition) is 2. The summed E-state index contributed by atoms with van der Waals surface area (Å²) in [5, 5.41) is 13.3. The van der Waals surface area contributed by atoms with Gasteiger partial charge in [-0.25, -0.2) is 4.98 Å². The monoisotopic (exact) mass is 306 g/mol. The molecule has 0 saturated carbocycles. The van der Waals surface area contributed by atoms with Crippen LogP contribution < -0.4 is 11.1 Å². The number of nitrogens with two attached hydrogens (primary N) is 1. The molecule has 1 amide bonds. The molecule has 108 valence electrons. The molecule has 0 fully saturated rings. The van der Waals surface area contributed by atoms with E-state index in [2.05, 4.69) is 10.3 Å². The lowest BCUT2D eigenvalue weighted by Crippen LogP contribution is -2.15. The molecule has 0 aliphatic heterocycles. The van der Waals surface area contributed by atoms with Crippen LogP contribution in [0.2, 0.25) is 5.02 Å². The van der Waals surface area contributed by atoms with Crippen LogP contribution in [-0.2, 0) is 0 Å². The maximum Gasteiger partial charge on any atom is 0.271 e. The predicted molar refractivity (Wildman–Crippen MR) is 79.4 cm³/mol. The third-order valence-electron chi connectivity index (χ3n) is 2.70. The molecule has 21 heavy (non-hydrogen) atoms. The second-order valence-electron chi connectivity index (χ2n) is 4.26. The van der Waals surface area contributed by atoms with E-state index in [-0.39, 0.29) is 22.0 Å². The molecule has 2 rings (SSSR count). The average molecular weight is 307 g/mol. The molecule has 0 spiro atoms. The number of rotatable bonds is 3. The summed E-state index contributed by atoms with van der Waals surface area (Å²) in [4.78, 5) is 26.4. The van der Waals surface area contributed by atoms with Crippen molar-refractivity contribution in [2.24, 2.45) is 0 Å². The van der Waals surface area contributed by atoms with Gasteiger partial charge in [0.1, 0.15) is 5.82 Å². The van der Waals surface area contributed by atoms with Gasteiger partial charge in [-0.05, 0) is 19.1 Å². The number of hydrogen-bond acceptors (Lipinski definition) is 5. The molecule has 7 nitrogen and oxygen atoms in total. The highest BCUT2D eigenvalue weighted by atomic mass is 35.5. The van der Waals surface area contributed by atoms with Gasteiger partial charge in [-0.15, -0.1) is 0 Å². The highest BCUT2D eigenvalue weighted by molar-refractivity contribution is 6.34. The molecular formula is C13H11ClN4O3. The number of benzene rings is 1. The first kappa shape index (κ1) is 14.7. The number of aryl methyl sites for hydroxylation is 1. The van der Waals surface area contributed by atoms with Gasteiger partial charge >= 0.3 is 0 Å². The number of amides is 1. The minimum atomic E-state index is -0.646. The van der Waals surface area contributed by atoms with Crippen LogP contribution in [0.15, 0.2) is 30.3 Å². The number of nitro groups is 1. The second-order valence-corrected chi connectivity index (χ2v) is 4.67.